The molecule has 12 heteroatoms. The van der Waals surface area contributed by atoms with Crippen LogP contribution in [0.2, 0.25) is 10.3 Å². The number of nitrogens with zero attached hydrogens (tertiary/aromatic N) is 2. The number of imidazole rings is 1. The number of ether oxygens (including phenoxy) is 2. The van der Waals surface area contributed by atoms with Crippen molar-refractivity contribution >= 4 is 40.7 Å². The summed E-state index contributed by atoms with van der Waals surface area (Å²) in [7, 11) is 0. The summed E-state index contributed by atoms with van der Waals surface area (Å²) in [5.74, 6) is -0.638. The number of anilines is 1. The third kappa shape index (κ3) is 8.01. The number of halogens is 2. The van der Waals surface area contributed by atoms with Crippen LogP contribution >= 0.6 is 23.2 Å². The minimum absolute atomic E-state index is 0.0379. The smallest absolute Gasteiger partial charge is 0.243 e. The molecule has 2 heterocycles. The van der Waals surface area contributed by atoms with Gasteiger partial charge in [-0.15, -0.1) is 0 Å². The van der Waals surface area contributed by atoms with E-state index in [-0.39, 0.29) is 42.7 Å². The van der Waals surface area contributed by atoms with Gasteiger partial charge in [0, 0.05) is 30.5 Å². The van der Waals surface area contributed by atoms with Crippen molar-refractivity contribution in [2.75, 3.05) is 5.32 Å². The maximum atomic E-state index is 12.3. The Kier molecular flexibility index (Phi) is 10.3. The van der Waals surface area contributed by atoms with E-state index >= 15 is 0 Å². The van der Waals surface area contributed by atoms with Crippen molar-refractivity contribution in [1.82, 2.24) is 15.0 Å². The van der Waals surface area contributed by atoms with Gasteiger partial charge >= 0.3 is 0 Å². The second-order valence-electron chi connectivity index (χ2n) is 9.24. The van der Waals surface area contributed by atoms with Gasteiger partial charge < -0.3 is 24.5 Å². The normalized spacial score (nSPS) is 19.0. The van der Waals surface area contributed by atoms with Crippen molar-refractivity contribution < 1.29 is 29.4 Å². The van der Waals surface area contributed by atoms with Crippen LogP contribution in [-0.4, -0.2) is 37.8 Å². The van der Waals surface area contributed by atoms with Crippen LogP contribution in [0, 0.1) is 0 Å². The predicted octanol–water partition coefficient (Wildman–Crippen LogP) is 4.93. The summed E-state index contributed by atoms with van der Waals surface area (Å²) >= 11 is 12.3. The molecule has 0 aliphatic carbocycles. The van der Waals surface area contributed by atoms with Crippen LogP contribution in [0.4, 0.5) is 5.69 Å². The summed E-state index contributed by atoms with van der Waals surface area (Å²) in [5, 5.41) is 21.3. The number of aliphatic hydroxyl groups excluding tert-OH is 1. The van der Waals surface area contributed by atoms with Crippen LogP contribution < -0.4 is 10.8 Å². The van der Waals surface area contributed by atoms with Crippen molar-refractivity contribution in [3.63, 3.8) is 0 Å². The molecule has 1 fully saturated rings. The van der Waals surface area contributed by atoms with E-state index < -0.39 is 12.2 Å². The fourth-order valence-electron chi connectivity index (χ4n) is 4.30. The van der Waals surface area contributed by atoms with Crippen LogP contribution in [0.15, 0.2) is 54.9 Å². The zero-order chi connectivity index (χ0) is 27.8. The highest BCUT2D eigenvalue weighted by Gasteiger charge is 2.33. The molecule has 0 unspecified atom stereocenters. The molecule has 0 spiro atoms. The van der Waals surface area contributed by atoms with E-state index in [9.17, 15) is 14.7 Å². The highest BCUT2D eigenvalue weighted by molar-refractivity contribution is 6.40. The summed E-state index contributed by atoms with van der Waals surface area (Å²) in [4.78, 5) is 27.4. The Morgan fingerprint density at radius 3 is 2.26 bits per heavy atom. The molecule has 0 radical (unpaired) electrons. The molecule has 3 atom stereocenters. The number of nitrogens with one attached hydrogen (secondary N) is 2. The topological polar surface area (TPSA) is 135 Å². The summed E-state index contributed by atoms with van der Waals surface area (Å²) in [5.41, 5.74) is 4.75. The number of aliphatic hydroxyl groups is 1. The lowest BCUT2D eigenvalue weighted by molar-refractivity contribution is -0.252. The zero-order valence-corrected chi connectivity index (χ0v) is 22.6. The molecule has 2 aromatic carbocycles. The summed E-state index contributed by atoms with van der Waals surface area (Å²) in [6, 6.07) is 14.8. The molecule has 1 aliphatic heterocycles. The number of rotatable bonds is 11. The maximum Gasteiger partial charge on any atom is 0.243 e. The van der Waals surface area contributed by atoms with E-state index in [1.54, 1.807) is 28.5 Å². The van der Waals surface area contributed by atoms with Gasteiger partial charge in [-0.1, -0.05) is 59.6 Å². The fraction of sp³-hybridized carbons (Fsp3) is 0.370. The molecule has 3 aromatic rings. The molecule has 4 rings (SSSR count). The number of benzene rings is 2. The Morgan fingerprint density at radius 2 is 1.64 bits per heavy atom. The van der Waals surface area contributed by atoms with Gasteiger partial charge in [0.1, 0.15) is 5.15 Å². The molecule has 1 saturated heterocycles. The molecule has 0 saturated carbocycles. The van der Waals surface area contributed by atoms with Crippen molar-refractivity contribution in [1.29, 1.82) is 0 Å². The first kappa shape index (κ1) is 29.0. The number of hydroxylamine groups is 1. The molecular formula is C27H30Cl2N4O6. The van der Waals surface area contributed by atoms with Crippen molar-refractivity contribution in [3.8, 4) is 0 Å². The van der Waals surface area contributed by atoms with Gasteiger partial charge in [0.15, 0.2) is 11.4 Å². The van der Waals surface area contributed by atoms with E-state index in [0.717, 1.165) is 16.7 Å². The van der Waals surface area contributed by atoms with Gasteiger partial charge in [-0.25, -0.2) is 10.5 Å². The first-order chi connectivity index (χ1) is 18.9. The number of amides is 2. The van der Waals surface area contributed by atoms with Gasteiger partial charge in [0.25, 0.3) is 0 Å². The Bertz CT molecular complexity index is 1250. The second kappa shape index (κ2) is 13.9. The first-order valence-corrected chi connectivity index (χ1v) is 13.3. The maximum absolute atomic E-state index is 12.3. The van der Waals surface area contributed by atoms with E-state index in [4.69, 9.17) is 37.9 Å². The van der Waals surface area contributed by atoms with E-state index in [0.29, 0.717) is 36.6 Å². The van der Waals surface area contributed by atoms with Crippen LogP contribution in [0.5, 0.6) is 0 Å². The number of aromatic nitrogens is 2. The van der Waals surface area contributed by atoms with Gasteiger partial charge in [-0.3, -0.25) is 14.8 Å². The standard InChI is InChI=1S/C27H30Cl2N4O6/c28-25-26(29)33(16-30-25)14-21-13-22(18-7-5-17(15-34)6-8-18)39-27(38-21)19-9-11-20(12-10-19)31-23(35)3-1-2-4-24(36)32-37/h5-12,16,21-22,27,34,37H,1-4,13-15H2,(H,31,35)(H,32,36)/t21-,22+,27+/m0/s1. The van der Waals surface area contributed by atoms with Crippen LogP contribution in [-0.2, 0) is 32.2 Å². The minimum Gasteiger partial charge on any atom is -0.392 e. The SMILES string of the molecule is O=C(CCCCC(=O)Nc1ccc([C@@H]2O[C@H](Cn3cnc(Cl)c3Cl)C[C@H](c3ccc(CO)cc3)O2)cc1)NO. The Morgan fingerprint density at radius 1 is 0.974 bits per heavy atom. The average molecular weight is 577 g/mol. The molecule has 1 aliphatic rings. The van der Waals surface area contributed by atoms with Crippen LogP contribution in [0.1, 0.15) is 61.2 Å². The zero-order valence-electron chi connectivity index (χ0n) is 21.1. The molecule has 1 aromatic heterocycles. The van der Waals surface area contributed by atoms with E-state index in [2.05, 4.69) is 10.3 Å². The highest BCUT2D eigenvalue weighted by atomic mass is 35.5. The number of hydrogen-bond donors (Lipinski definition) is 4. The molecule has 4 N–H and O–H groups in total. The molecule has 208 valence electrons. The molecule has 10 nitrogen and oxygen atoms in total. The molecular weight excluding hydrogens is 547 g/mol. The second-order valence-corrected chi connectivity index (χ2v) is 9.96. The molecule has 39 heavy (non-hydrogen) atoms. The Hall–Kier alpha value is -2.99. The highest BCUT2D eigenvalue weighted by Crippen LogP contribution is 2.39. The molecule has 0 bridgehead atoms. The third-order valence-corrected chi connectivity index (χ3v) is 7.17. The summed E-state index contributed by atoms with van der Waals surface area (Å²) < 4.78 is 14.4. The average Bonchev–Trinajstić information content (AvgIpc) is 3.27. The minimum atomic E-state index is -0.675. The fourth-order valence-corrected chi connectivity index (χ4v) is 4.61. The van der Waals surface area contributed by atoms with E-state index in [1.807, 2.05) is 36.4 Å². The van der Waals surface area contributed by atoms with Gasteiger partial charge in [-0.2, -0.15) is 0 Å². The quantitative estimate of drug-likeness (QED) is 0.144. The van der Waals surface area contributed by atoms with Gasteiger partial charge in [0.2, 0.25) is 11.8 Å². The monoisotopic (exact) mass is 576 g/mol. The summed E-state index contributed by atoms with van der Waals surface area (Å²) in [6.07, 6.45) is 2.37. The van der Waals surface area contributed by atoms with Crippen molar-refractivity contribution in [2.24, 2.45) is 0 Å². The number of hydrogen-bond acceptors (Lipinski definition) is 7. The van der Waals surface area contributed by atoms with Crippen molar-refractivity contribution in [3.05, 3.63) is 81.9 Å². The third-order valence-electron chi connectivity index (χ3n) is 6.40. The Balaban J connectivity index is 1.42. The largest absolute Gasteiger partial charge is 0.392 e. The number of unbranched alkanes of at least 4 members (excludes halogenated alkanes) is 1. The van der Waals surface area contributed by atoms with Crippen molar-refractivity contribution in [2.45, 2.75) is 63.8 Å². The number of carbonyl (C=O) groups excluding carboxylic acids is 2. The van der Waals surface area contributed by atoms with Crippen LogP contribution in [0.25, 0.3) is 0 Å². The first-order valence-electron chi connectivity index (χ1n) is 12.6. The van der Waals surface area contributed by atoms with Gasteiger partial charge in [-0.05, 0) is 36.1 Å². The Labute approximate surface area is 235 Å². The van der Waals surface area contributed by atoms with Crippen LogP contribution in [0.3, 0.4) is 0 Å². The predicted molar refractivity (Wildman–Crippen MR) is 144 cm³/mol. The lowest BCUT2D eigenvalue weighted by atomic mass is 10.00. The lowest BCUT2D eigenvalue weighted by Crippen LogP contribution is -2.32. The van der Waals surface area contributed by atoms with E-state index in [1.165, 1.54) is 0 Å². The molecule has 2 amide bonds. The van der Waals surface area contributed by atoms with Gasteiger partial charge in [0.05, 0.1) is 31.7 Å². The summed E-state index contributed by atoms with van der Waals surface area (Å²) in [6.45, 7) is 0.390. The lowest BCUT2D eigenvalue weighted by Gasteiger charge is -2.36. The number of carbonyl (C=O) groups is 2.